The highest BCUT2D eigenvalue weighted by molar-refractivity contribution is 7.91. The quantitative estimate of drug-likeness (QED) is 0.431. The van der Waals surface area contributed by atoms with Gasteiger partial charge in [-0.3, -0.25) is 15.1 Å². The molecule has 0 amide bonds. The standard InChI is InChI=1S/C16H13N3O5S/c1-24-10-4-2-5-11(8-10)25(22,23)14-9-13(17)15-12(6-3-7-18-15)16(14)19(20)21/h2-9H,17H2,1H3. The zero-order chi connectivity index (χ0) is 18.2. The summed E-state index contributed by atoms with van der Waals surface area (Å²) in [6.45, 7) is 0. The molecule has 0 bridgehead atoms. The van der Waals surface area contributed by atoms with Gasteiger partial charge in [-0.1, -0.05) is 6.07 Å². The minimum absolute atomic E-state index is 0.0441. The average molecular weight is 359 g/mol. The summed E-state index contributed by atoms with van der Waals surface area (Å²) in [5.41, 5.74) is 5.55. The molecule has 25 heavy (non-hydrogen) atoms. The zero-order valence-corrected chi connectivity index (χ0v) is 13.9. The Kier molecular flexibility index (Phi) is 4.01. The Hall–Kier alpha value is -3.20. The van der Waals surface area contributed by atoms with Gasteiger partial charge in [0.05, 0.1) is 28.0 Å². The second kappa shape index (κ2) is 6.02. The van der Waals surface area contributed by atoms with Crippen molar-refractivity contribution in [3.63, 3.8) is 0 Å². The summed E-state index contributed by atoms with van der Waals surface area (Å²) in [7, 11) is -2.79. The molecule has 2 aromatic carbocycles. The number of rotatable bonds is 4. The molecule has 0 radical (unpaired) electrons. The molecule has 0 unspecified atom stereocenters. The number of aromatic nitrogens is 1. The van der Waals surface area contributed by atoms with Gasteiger partial charge in [-0.2, -0.15) is 0 Å². The number of pyridine rings is 1. The second-order valence-corrected chi connectivity index (χ2v) is 7.07. The number of fused-ring (bicyclic) bond motifs is 1. The molecular weight excluding hydrogens is 346 g/mol. The van der Waals surface area contributed by atoms with Crippen LogP contribution in [0.25, 0.3) is 10.9 Å². The Morgan fingerprint density at radius 3 is 2.64 bits per heavy atom. The number of hydrogen-bond donors (Lipinski definition) is 1. The number of ether oxygens (including phenoxy) is 1. The molecule has 0 fully saturated rings. The Balaban J connectivity index is 2.38. The summed E-state index contributed by atoms with van der Waals surface area (Å²) in [6, 6.07) is 9.67. The molecule has 0 atom stereocenters. The number of methoxy groups -OCH3 is 1. The van der Waals surface area contributed by atoms with Crippen molar-refractivity contribution >= 4 is 32.1 Å². The van der Waals surface area contributed by atoms with Crippen molar-refractivity contribution in [3.8, 4) is 5.75 Å². The minimum atomic E-state index is -4.19. The number of nitrogens with zero attached hydrogens (tertiary/aromatic N) is 2. The third-order valence-electron chi connectivity index (χ3n) is 3.68. The van der Waals surface area contributed by atoms with Crippen molar-refractivity contribution in [2.45, 2.75) is 9.79 Å². The monoisotopic (exact) mass is 359 g/mol. The van der Waals surface area contributed by atoms with Gasteiger partial charge in [0.15, 0.2) is 4.90 Å². The van der Waals surface area contributed by atoms with Crippen molar-refractivity contribution in [3.05, 3.63) is 58.8 Å². The van der Waals surface area contributed by atoms with Gasteiger partial charge >= 0.3 is 0 Å². The molecule has 2 N–H and O–H groups in total. The largest absolute Gasteiger partial charge is 0.497 e. The summed E-state index contributed by atoms with van der Waals surface area (Å²) in [4.78, 5) is 14.2. The van der Waals surface area contributed by atoms with Crippen LogP contribution in [0.3, 0.4) is 0 Å². The molecule has 0 aliphatic heterocycles. The van der Waals surface area contributed by atoms with Crippen LogP contribution < -0.4 is 10.5 Å². The van der Waals surface area contributed by atoms with Crippen molar-refractivity contribution in [2.24, 2.45) is 0 Å². The van der Waals surface area contributed by atoms with E-state index in [-0.39, 0.29) is 21.5 Å². The molecule has 8 nitrogen and oxygen atoms in total. The summed E-state index contributed by atoms with van der Waals surface area (Å²) in [5, 5.41) is 11.7. The zero-order valence-electron chi connectivity index (χ0n) is 13.0. The summed E-state index contributed by atoms with van der Waals surface area (Å²) in [5.74, 6) is 0.319. The van der Waals surface area contributed by atoms with Crippen LogP contribution in [0.1, 0.15) is 0 Å². The highest BCUT2D eigenvalue weighted by Gasteiger charge is 2.31. The lowest BCUT2D eigenvalue weighted by Crippen LogP contribution is -2.08. The van der Waals surface area contributed by atoms with Gasteiger partial charge in [0.25, 0.3) is 5.69 Å². The van der Waals surface area contributed by atoms with Crippen molar-refractivity contribution < 1.29 is 18.1 Å². The van der Waals surface area contributed by atoms with Crippen LogP contribution in [0.15, 0.2) is 58.5 Å². The third-order valence-corrected chi connectivity index (χ3v) is 5.44. The van der Waals surface area contributed by atoms with Crippen LogP contribution in [0.2, 0.25) is 0 Å². The molecule has 1 aromatic heterocycles. The van der Waals surface area contributed by atoms with Crippen LogP contribution in [0, 0.1) is 10.1 Å². The molecule has 9 heteroatoms. The predicted molar refractivity (Wildman–Crippen MR) is 91.3 cm³/mol. The smallest absolute Gasteiger partial charge is 0.297 e. The number of anilines is 1. The van der Waals surface area contributed by atoms with Crippen molar-refractivity contribution in [2.75, 3.05) is 12.8 Å². The number of nitrogen functional groups attached to an aromatic ring is 1. The molecule has 3 aromatic rings. The van der Waals surface area contributed by atoms with E-state index in [4.69, 9.17) is 10.5 Å². The number of hydrogen-bond acceptors (Lipinski definition) is 7. The van der Waals surface area contributed by atoms with E-state index in [1.165, 1.54) is 43.6 Å². The van der Waals surface area contributed by atoms with Gasteiger partial charge in [-0.05, 0) is 36.4 Å². The molecular formula is C16H13N3O5S. The number of nitrogens with two attached hydrogens (primary N) is 1. The first-order chi connectivity index (χ1) is 11.9. The SMILES string of the molecule is COc1cccc(S(=O)(=O)c2cc(N)c3ncccc3c2[N+](=O)[O-])c1. The highest BCUT2D eigenvalue weighted by atomic mass is 32.2. The predicted octanol–water partition coefficient (Wildman–Crippen LogP) is 2.57. The first kappa shape index (κ1) is 16.7. The van der Waals surface area contributed by atoms with Gasteiger partial charge < -0.3 is 10.5 Å². The van der Waals surface area contributed by atoms with E-state index < -0.39 is 25.3 Å². The van der Waals surface area contributed by atoms with E-state index in [0.29, 0.717) is 5.75 Å². The van der Waals surface area contributed by atoms with E-state index in [1.807, 2.05) is 0 Å². The normalized spacial score (nSPS) is 11.4. The van der Waals surface area contributed by atoms with Crippen LogP contribution in [0.4, 0.5) is 11.4 Å². The van der Waals surface area contributed by atoms with Crippen molar-refractivity contribution in [1.82, 2.24) is 4.98 Å². The first-order valence-corrected chi connectivity index (χ1v) is 8.55. The van der Waals surface area contributed by atoms with Crippen LogP contribution in [-0.4, -0.2) is 25.4 Å². The van der Waals surface area contributed by atoms with Crippen LogP contribution in [0.5, 0.6) is 5.75 Å². The van der Waals surface area contributed by atoms with E-state index in [2.05, 4.69) is 4.98 Å². The Labute approximate surface area is 142 Å². The number of nitro benzene ring substituents is 1. The van der Waals surface area contributed by atoms with Crippen LogP contribution in [-0.2, 0) is 9.84 Å². The fraction of sp³-hybridized carbons (Fsp3) is 0.0625. The second-order valence-electron chi connectivity index (χ2n) is 5.15. The molecule has 0 aliphatic rings. The fourth-order valence-corrected chi connectivity index (χ4v) is 4.03. The van der Waals surface area contributed by atoms with Gasteiger partial charge in [0.1, 0.15) is 11.3 Å². The molecule has 3 rings (SSSR count). The minimum Gasteiger partial charge on any atom is -0.497 e. The molecule has 0 spiro atoms. The topological polar surface area (TPSA) is 125 Å². The summed E-state index contributed by atoms with van der Waals surface area (Å²) < 4.78 is 31.0. The van der Waals surface area contributed by atoms with E-state index in [0.717, 1.165) is 6.07 Å². The maximum absolute atomic E-state index is 13.0. The third kappa shape index (κ3) is 2.74. The molecule has 0 saturated carbocycles. The molecule has 1 heterocycles. The maximum atomic E-state index is 13.0. The number of nitro groups is 1. The molecule has 0 aliphatic carbocycles. The highest BCUT2D eigenvalue weighted by Crippen LogP contribution is 2.38. The van der Waals surface area contributed by atoms with E-state index in [1.54, 1.807) is 6.07 Å². The van der Waals surface area contributed by atoms with E-state index >= 15 is 0 Å². The maximum Gasteiger partial charge on any atom is 0.297 e. The van der Waals surface area contributed by atoms with Gasteiger partial charge in [-0.15, -0.1) is 0 Å². The Morgan fingerprint density at radius 1 is 1.20 bits per heavy atom. The van der Waals surface area contributed by atoms with Gasteiger partial charge in [0, 0.05) is 6.20 Å². The van der Waals surface area contributed by atoms with Gasteiger partial charge in [-0.25, -0.2) is 8.42 Å². The summed E-state index contributed by atoms with van der Waals surface area (Å²) >= 11 is 0. The lowest BCUT2D eigenvalue weighted by molar-refractivity contribution is -0.386. The first-order valence-electron chi connectivity index (χ1n) is 7.07. The van der Waals surface area contributed by atoms with Gasteiger partial charge in [0.2, 0.25) is 9.84 Å². The molecule has 128 valence electrons. The van der Waals surface area contributed by atoms with Crippen molar-refractivity contribution in [1.29, 1.82) is 0 Å². The van der Waals surface area contributed by atoms with E-state index in [9.17, 15) is 18.5 Å². The average Bonchev–Trinajstić information content (AvgIpc) is 2.61. The number of sulfone groups is 1. The Bertz CT molecular complexity index is 1100. The lowest BCUT2D eigenvalue weighted by Gasteiger charge is -2.10. The number of benzene rings is 2. The molecule has 0 saturated heterocycles. The van der Waals surface area contributed by atoms with Crippen LogP contribution >= 0.6 is 0 Å². The Morgan fingerprint density at radius 2 is 1.96 bits per heavy atom. The summed E-state index contributed by atoms with van der Waals surface area (Å²) in [6.07, 6.45) is 1.43. The lowest BCUT2D eigenvalue weighted by atomic mass is 10.1. The fourth-order valence-electron chi connectivity index (χ4n) is 2.53.